The van der Waals surface area contributed by atoms with Gasteiger partial charge in [0.2, 0.25) is 11.9 Å². The second-order valence-electron chi connectivity index (χ2n) is 13.2. The summed E-state index contributed by atoms with van der Waals surface area (Å²) >= 11 is 0. The summed E-state index contributed by atoms with van der Waals surface area (Å²) in [6, 6.07) is 8.38. The Morgan fingerprint density at radius 3 is 2.63 bits per heavy atom. The van der Waals surface area contributed by atoms with Crippen LogP contribution in [0.5, 0.6) is 0 Å². The van der Waals surface area contributed by atoms with Crippen molar-refractivity contribution in [1.29, 1.82) is 0 Å². The van der Waals surface area contributed by atoms with Crippen molar-refractivity contribution in [2.24, 2.45) is 18.4 Å². The van der Waals surface area contributed by atoms with Crippen LogP contribution in [0, 0.1) is 11.3 Å². The first-order valence-corrected chi connectivity index (χ1v) is 15.8. The highest BCUT2D eigenvalue weighted by Gasteiger charge is 2.52. The van der Waals surface area contributed by atoms with Crippen molar-refractivity contribution in [3.8, 4) is 22.5 Å². The number of benzene rings is 1. The molecule has 8 rings (SSSR count). The quantitative estimate of drug-likeness (QED) is 0.285. The lowest BCUT2D eigenvalue weighted by Crippen LogP contribution is -2.62. The second kappa shape index (κ2) is 10.7. The van der Waals surface area contributed by atoms with Gasteiger partial charge in [0, 0.05) is 111 Å². The van der Waals surface area contributed by atoms with Crippen LogP contribution in [0.2, 0.25) is 0 Å². The number of pyridine rings is 1. The number of aromatic carboxylic acids is 1. The number of carboxylic acid groups (broad SMARTS) is 1. The van der Waals surface area contributed by atoms with E-state index >= 15 is 0 Å². The van der Waals surface area contributed by atoms with Crippen LogP contribution < -0.4 is 4.90 Å². The Bertz CT molecular complexity index is 1980. The molecular formula is C34H35N9O3. The minimum absolute atomic E-state index is 0.0890. The van der Waals surface area contributed by atoms with E-state index in [1.165, 1.54) is 30.9 Å². The molecule has 3 aliphatic rings. The Labute approximate surface area is 265 Å². The molecule has 4 aromatic heterocycles. The van der Waals surface area contributed by atoms with E-state index in [9.17, 15) is 9.59 Å². The van der Waals surface area contributed by atoms with Crippen LogP contribution in [0.15, 0.2) is 55.2 Å². The van der Waals surface area contributed by atoms with Gasteiger partial charge in [0.1, 0.15) is 0 Å². The maximum Gasteiger partial charge on any atom is 0.338 e. The molecule has 5 aromatic rings. The number of hydrogen-bond acceptors (Lipinski definition) is 8. The summed E-state index contributed by atoms with van der Waals surface area (Å²) in [5, 5.41) is 20.7. The number of nitrogens with zero attached hydrogens (tertiary/aromatic N) is 9. The Morgan fingerprint density at radius 1 is 1.07 bits per heavy atom. The normalized spacial score (nSPS) is 17.2. The van der Waals surface area contributed by atoms with Crippen molar-refractivity contribution in [1.82, 2.24) is 39.4 Å². The van der Waals surface area contributed by atoms with Crippen LogP contribution in [0.1, 0.15) is 47.8 Å². The third kappa shape index (κ3) is 4.88. The number of fused-ring (bicyclic) bond motifs is 2. The Hall–Kier alpha value is -5.13. The van der Waals surface area contributed by atoms with Gasteiger partial charge in [0.05, 0.1) is 23.1 Å². The summed E-state index contributed by atoms with van der Waals surface area (Å²) in [7, 11) is 1.98. The second-order valence-corrected chi connectivity index (χ2v) is 13.2. The number of amides is 1. The van der Waals surface area contributed by atoms with Gasteiger partial charge < -0.3 is 14.9 Å². The van der Waals surface area contributed by atoms with Gasteiger partial charge in [-0.2, -0.15) is 10.2 Å². The zero-order valence-electron chi connectivity index (χ0n) is 25.9. The summed E-state index contributed by atoms with van der Waals surface area (Å²) in [6.45, 7) is 5.65. The van der Waals surface area contributed by atoms with Crippen molar-refractivity contribution in [3.05, 3.63) is 72.1 Å². The summed E-state index contributed by atoms with van der Waals surface area (Å²) in [5.41, 5.74) is 6.59. The predicted molar refractivity (Wildman–Crippen MR) is 171 cm³/mol. The first-order chi connectivity index (χ1) is 22.2. The third-order valence-electron chi connectivity index (χ3n) is 10.1. The summed E-state index contributed by atoms with van der Waals surface area (Å²) in [4.78, 5) is 40.5. The van der Waals surface area contributed by atoms with Crippen molar-refractivity contribution in [2.75, 3.05) is 24.5 Å². The molecule has 0 unspecified atom stereocenters. The molecule has 0 bridgehead atoms. The predicted octanol–water partition coefficient (Wildman–Crippen LogP) is 4.20. The number of carbonyl (C=O) groups is 2. The zero-order valence-corrected chi connectivity index (χ0v) is 25.9. The van der Waals surface area contributed by atoms with Gasteiger partial charge >= 0.3 is 5.97 Å². The Morgan fingerprint density at radius 2 is 1.87 bits per heavy atom. The average molecular weight is 618 g/mol. The molecule has 1 amide bonds. The average Bonchev–Trinajstić information content (AvgIpc) is 3.63. The van der Waals surface area contributed by atoms with Crippen molar-refractivity contribution in [3.63, 3.8) is 0 Å². The molecule has 234 valence electrons. The van der Waals surface area contributed by atoms with Crippen LogP contribution >= 0.6 is 0 Å². The van der Waals surface area contributed by atoms with Crippen LogP contribution in [-0.2, 0) is 31.4 Å². The Kier molecular flexibility index (Phi) is 6.62. The van der Waals surface area contributed by atoms with Gasteiger partial charge in [0.15, 0.2) is 0 Å². The summed E-state index contributed by atoms with van der Waals surface area (Å²) < 4.78 is 3.98. The summed E-state index contributed by atoms with van der Waals surface area (Å²) in [5.74, 6) is 0.357. The van der Waals surface area contributed by atoms with Crippen molar-refractivity contribution in [2.45, 2.75) is 45.7 Å². The van der Waals surface area contributed by atoms with Gasteiger partial charge in [-0.05, 0) is 36.6 Å². The lowest BCUT2D eigenvalue weighted by Gasteiger charge is -2.59. The van der Waals surface area contributed by atoms with Crippen LogP contribution in [0.25, 0.3) is 33.3 Å². The highest BCUT2D eigenvalue weighted by atomic mass is 16.4. The third-order valence-corrected chi connectivity index (χ3v) is 10.1. The van der Waals surface area contributed by atoms with Crippen molar-refractivity contribution < 1.29 is 14.7 Å². The van der Waals surface area contributed by atoms with Crippen LogP contribution in [0.3, 0.4) is 0 Å². The molecular weight excluding hydrogens is 582 g/mol. The van der Waals surface area contributed by atoms with Gasteiger partial charge in [-0.25, -0.2) is 14.8 Å². The molecule has 12 nitrogen and oxygen atoms in total. The first-order valence-electron chi connectivity index (χ1n) is 15.8. The van der Waals surface area contributed by atoms with Gasteiger partial charge in [-0.1, -0.05) is 18.2 Å². The molecule has 2 aliphatic heterocycles. The lowest BCUT2D eigenvalue weighted by molar-refractivity contribution is -0.129. The number of anilines is 1. The fraction of sp³-hybridized carbons (Fsp3) is 0.382. The molecule has 1 aromatic carbocycles. The van der Waals surface area contributed by atoms with E-state index < -0.39 is 5.97 Å². The minimum atomic E-state index is -1.01. The minimum Gasteiger partial charge on any atom is -0.478 e. The number of aromatic nitrogens is 7. The zero-order chi connectivity index (χ0) is 31.6. The topological polar surface area (TPSA) is 135 Å². The summed E-state index contributed by atoms with van der Waals surface area (Å²) in [6.07, 6.45) is 12.9. The van der Waals surface area contributed by atoms with Gasteiger partial charge in [0.25, 0.3) is 0 Å². The largest absolute Gasteiger partial charge is 0.478 e. The van der Waals surface area contributed by atoms with Gasteiger partial charge in [-0.3, -0.25) is 19.1 Å². The molecule has 1 saturated carbocycles. The number of aryl methyl sites for hydroxylation is 2. The number of carbonyl (C=O) groups excluding carboxylic acids is 1. The highest BCUT2D eigenvalue weighted by Crippen LogP contribution is 2.53. The van der Waals surface area contributed by atoms with E-state index in [-0.39, 0.29) is 11.5 Å². The number of hydrogen-bond donors (Lipinski definition) is 1. The maximum atomic E-state index is 12.1. The standard InChI is InChI=1S/C34H35N9O3/c1-21(44)41-8-7-30-28(18-41)31(39-40(30)2)26-5-3-4-23-10-29(35-16-27(23)26)25-15-38-43(17-25)9-6-22-11-34(12-22)19-42(20-34)33-36-13-24(14-37-33)32(45)46/h3-5,10,13-17,22H,6-9,11-12,18-20H2,1-2H3,(H,45,46). The molecule has 1 spiro atoms. The molecule has 46 heavy (non-hydrogen) atoms. The van der Waals surface area contributed by atoms with Crippen LogP contribution in [0.4, 0.5) is 5.95 Å². The first kappa shape index (κ1) is 28.4. The molecule has 6 heterocycles. The molecule has 1 N–H and O–H groups in total. The molecule has 2 fully saturated rings. The van der Waals surface area contributed by atoms with E-state index in [1.807, 2.05) is 33.7 Å². The van der Waals surface area contributed by atoms with Gasteiger partial charge in [-0.15, -0.1) is 0 Å². The molecule has 1 saturated heterocycles. The lowest BCUT2D eigenvalue weighted by atomic mass is 9.57. The number of rotatable bonds is 7. The molecule has 0 radical (unpaired) electrons. The SMILES string of the molecule is CC(=O)N1CCc2c(c(-c3cccc4cc(-c5cnn(CCC6CC7(C6)CN(c6ncc(C(=O)O)cn6)C7)c5)ncc34)nn2C)C1. The van der Waals surface area contributed by atoms with E-state index in [4.69, 9.17) is 15.2 Å². The van der Waals surface area contributed by atoms with Crippen molar-refractivity contribution >= 4 is 28.6 Å². The van der Waals surface area contributed by atoms with E-state index in [2.05, 4.69) is 50.4 Å². The fourth-order valence-electron chi connectivity index (χ4n) is 7.67. The molecule has 0 atom stereocenters. The fourth-order valence-corrected chi connectivity index (χ4v) is 7.67. The van der Waals surface area contributed by atoms with Crippen LogP contribution in [-0.4, -0.2) is 76.0 Å². The van der Waals surface area contributed by atoms with E-state index in [1.54, 1.807) is 6.92 Å². The number of carboxylic acids is 1. The molecule has 12 heteroatoms. The monoisotopic (exact) mass is 617 g/mol. The maximum absolute atomic E-state index is 12.1. The molecule has 1 aliphatic carbocycles. The Balaban J connectivity index is 0.908. The van der Waals surface area contributed by atoms with E-state index in [0.29, 0.717) is 23.8 Å². The smallest absolute Gasteiger partial charge is 0.338 e. The van der Waals surface area contributed by atoms with E-state index in [0.717, 1.165) is 77.9 Å². The highest BCUT2D eigenvalue weighted by molar-refractivity contribution is 5.97.